The molecule has 0 radical (unpaired) electrons. The quantitative estimate of drug-likeness (QED) is 0.200. The van der Waals surface area contributed by atoms with Crippen LogP contribution < -0.4 is 11.5 Å². The van der Waals surface area contributed by atoms with Crippen molar-refractivity contribution in [3.63, 3.8) is 0 Å². The third-order valence-corrected chi connectivity index (χ3v) is 7.38. The Morgan fingerprint density at radius 1 is 0.775 bits per heavy atom. The summed E-state index contributed by atoms with van der Waals surface area (Å²) in [7, 11) is 0. The Bertz CT molecular complexity index is 1860. The molecular formula is C37H35N3. The molecule has 0 bridgehead atoms. The van der Waals surface area contributed by atoms with Crippen LogP contribution in [0.25, 0.3) is 49.4 Å². The lowest BCUT2D eigenvalue weighted by Crippen LogP contribution is -1.95. The SMILES string of the molecule is C=C/C(=C\C)c1ccc2c(ccc3c4ccc(C(/C=C\CC(/C=C\C)=C/N)=C/N)cc4n(-c4ccccc4)c23)c1. The van der Waals surface area contributed by atoms with E-state index in [9.17, 15) is 0 Å². The Hall–Kier alpha value is -5.02. The average molecular weight is 522 g/mol. The molecule has 3 nitrogen and oxygen atoms in total. The summed E-state index contributed by atoms with van der Waals surface area (Å²) in [6.07, 6.45) is 16.2. The molecule has 0 fully saturated rings. The summed E-state index contributed by atoms with van der Waals surface area (Å²) in [5.41, 5.74) is 20.7. The van der Waals surface area contributed by atoms with Crippen molar-refractivity contribution in [2.75, 3.05) is 0 Å². The van der Waals surface area contributed by atoms with E-state index in [0.717, 1.165) is 39.9 Å². The van der Waals surface area contributed by atoms with E-state index < -0.39 is 0 Å². The lowest BCUT2D eigenvalue weighted by Gasteiger charge is -2.11. The van der Waals surface area contributed by atoms with Crippen molar-refractivity contribution < 1.29 is 0 Å². The van der Waals surface area contributed by atoms with Crippen molar-refractivity contribution in [1.82, 2.24) is 4.57 Å². The molecule has 0 aliphatic heterocycles. The number of para-hydroxylation sites is 1. The van der Waals surface area contributed by atoms with Crippen LogP contribution in [0.5, 0.6) is 0 Å². The van der Waals surface area contributed by atoms with Gasteiger partial charge >= 0.3 is 0 Å². The number of allylic oxidation sites excluding steroid dienone is 9. The molecule has 0 saturated carbocycles. The molecule has 0 spiro atoms. The first-order valence-electron chi connectivity index (χ1n) is 13.6. The molecule has 4 aromatic carbocycles. The number of nitrogens with zero attached hydrogens (tertiary/aromatic N) is 1. The van der Waals surface area contributed by atoms with Crippen molar-refractivity contribution in [3.05, 3.63) is 151 Å². The number of hydrogen-bond donors (Lipinski definition) is 2. The second-order valence-corrected chi connectivity index (χ2v) is 9.72. The predicted molar refractivity (Wildman–Crippen MR) is 175 cm³/mol. The zero-order valence-corrected chi connectivity index (χ0v) is 23.1. The van der Waals surface area contributed by atoms with Crippen LogP contribution in [0.4, 0.5) is 0 Å². The van der Waals surface area contributed by atoms with Crippen LogP contribution in [0.15, 0.2) is 140 Å². The highest BCUT2D eigenvalue weighted by Crippen LogP contribution is 2.38. The van der Waals surface area contributed by atoms with Gasteiger partial charge in [-0.05, 0) is 84.0 Å². The van der Waals surface area contributed by atoms with Gasteiger partial charge in [0.25, 0.3) is 0 Å². The van der Waals surface area contributed by atoms with Gasteiger partial charge in [0, 0.05) is 28.0 Å². The van der Waals surface area contributed by atoms with Gasteiger partial charge in [0.1, 0.15) is 0 Å². The van der Waals surface area contributed by atoms with Gasteiger partial charge in [-0.3, -0.25) is 0 Å². The number of fused-ring (bicyclic) bond motifs is 5. The lowest BCUT2D eigenvalue weighted by molar-refractivity contribution is 1.19. The monoisotopic (exact) mass is 521 g/mol. The maximum atomic E-state index is 6.13. The van der Waals surface area contributed by atoms with Gasteiger partial charge in [-0.25, -0.2) is 0 Å². The summed E-state index contributed by atoms with van der Waals surface area (Å²) >= 11 is 0. The van der Waals surface area contributed by atoms with Crippen molar-refractivity contribution >= 4 is 43.7 Å². The molecule has 0 amide bonds. The minimum absolute atomic E-state index is 0.736. The first-order valence-corrected chi connectivity index (χ1v) is 13.6. The molecule has 4 N–H and O–H groups in total. The molecule has 0 saturated heterocycles. The Labute approximate surface area is 236 Å². The second kappa shape index (κ2) is 11.8. The molecule has 0 atom stereocenters. The van der Waals surface area contributed by atoms with Crippen molar-refractivity contribution in [2.24, 2.45) is 11.5 Å². The zero-order valence-electron chi connectivity index (χ0n) is 23.1. The van der Waals surface area contributed by atoms with E-state index in [1.165, 1.54) is 32.6 Å². The van der Waals surface area contributed by atoms with Crippen LogP contribution >= 0.6 is 0 Å². The zero-order chi connectivity index (χ0) is 28.1. The summed E-state index contributed by atoms with van der Waals surface area (Å²) < 4.78 is 2.37. The first-order chi connectivity index (χ1) is 19.6. The Morgan fingerprint density at radius 2 is 1.50 bits per heavy atom. The molecule has 0 aliphatic carbocycles. The van der Waals surface area contributed by atoms with E-state index in [0.29, 0.717) is 0 Å². The van der Waals surface area contributed by atoms with Crippen LogP contribution in [-0.4, -0.2) is 4.57 Å². The third kappa shape index (κ3) is 4.90. The van der Waals surface area contributed by atoms with Gasteiger partial charge < -0.3 is 16.0 Å². The minimum Gasteiger partial charge on any atom is -0.404 e. The molecule has 198 valence electrons. The number of hydrogen-bond acceptors (Lipinski definition) is 2. The molecule has 0 aliphatic rings. The van der Waals surface area contributed by atoms with E-state index in [2.05, 4.69) is 108 Å². The summed E-state index contributed by atoms with van der Waals surface area (Å²) in [6, 6.07) is 28.3. The number of rotatable bonds is 8. The van der Waals surface area contributed by atoms with Gasteiger partial charge in [0.15, 0.2) is 0 Å². The smallest absolute Gasteiger partial charge is 0.0619 e. The van der Waals surface area contributed by atoms with Gasteiger partial charge in [-0.15, -0.1) is 0 Å². The molecule has 1 heterocycles. The highest BCUT2D eigenvalue weighted by atomic mass is 15.0. The summed E-state index contributed by atoms with van der Waals surface area (Å²) in [4.78, 5) is 0. The molecule has 40 heavy (non-hydrogen) atoms. The average Bonchev–Trinajstić information content (AvgIpc) is 3.33. The van der Waals surface area contributed by atoms with E-state index in [1.807, 2.05) is 32.1 Å². The Kier molecular flexibility index (Phi) is 7.84. The summed E-state index contributed by atoms with van der Waals surface area (Å²) in [5.74, 6) is 0. The van der Waals surface area contributed by atoms with Gasteiger partial charge in [-0.1, -0.05) is 97.6 Å². The maximum absolute atomic E-state index is 6.13. The minimum atomic E-state index is 0.736. The van der Waals surface area contributed by atoms with Crippen molar-refractivity contribution in [2.45, 2.75) is 20.3 Å². The second-order valence-electron chi connectivity index (χ2n) is 9.72. The number of nitrogens with two attached hydrogens (primary N) is 2. The fraction of sp³-hybridized carbons (Fsp3) is 0.0811. The number of aromatic nitrogens is 1. The van der Waals surface area contributed by atoms with Crippen LogP contribution in [0, 0.1) is 0 Å². The third-order valence-electron chi connectivity index (χ3n) is 7.38. The highest BCUT2D eigenvalue weighted by molar-refractivity contribution is 6.19. The first kappa shape index (κ1) is 26.6. The topological polar surface area (TPSA) is 57.0 Å². The van der Waals surface area contributed by atoms with Gasteiger partial charge in [0.2, 0.25) is 0 Å². The maximum Gasteiger partial charge on any atom is 0.0619 e. The van der Waals surface area contributed by atoms with E-state index in [-0.39, 0.29) is 0 Å². The van der Waals surface area contributed by atoms with Gasteiger partial charge in [0.05, 0.1) is 11.0 Å². The summed E-state index contributed by atoms with van der Waals surface area (Å²) in [6.45, 7) is 8.02. The standard InChI is InChI=1S/C37H35N3/c1-4-11-26(24-38)12-10-13-31(25-39)29-17-20-34-35-21-18-30-22-28(27(5-2)6-3)16-19-33(30)37(35)40(36(34)23-29)32-14-8-7-9-15-32/h4-11,13-25H,2,12,38-39H2,1,3H3/b11-4-,13-10-,26-24+,27-6+,31-25+. The molecule has 1 aromatic heterocycles. The molecule has 3 heteroatoms. The van der Waals surface area contributed by atoms with Crippen molar-refractivity contribution in [3.8, 4) is 5.69 Å². The largest absolute Gasteiger partial charge is 0.404 e. The fourth-order valence-electron chi connectivity index (χ4n) is 5.42. The Balaban J connectivity index is 1.73. The molecule has 5 rings (SSSR count). The number of benzene rings is 4. The highest BCUT2D eigenvalue weighted by Gasteiger charge is 2.16. The van der Waals surface area contributed by atoms with E-state index in [1.54, 1.807) is 12.4 Å². The molecular weight excluding hydrogens is 486 g/mol. The van der Waals surface area contributed by atoms with E-state index in [4.69, 9.17) is 11.5 Å². The van der Waals surface area contributed by atoms with Gasteiger partial charge in [-0.2, -0.15) is 0 Å². The normalized spacial score (nSPS) is 13.4. The molecule has 5 aromatic rings. The van der Waals surface area contributed by atoms with Crippen LogP contribution in [-0.2, 0) is 0 Å². The summed E-state index contributed by atoms with van der Waals surface area (Å²) in [5, 5.41) is 4.83. The predicted octanol–water partition coefficient (Wildman–Crippen LogP) is 9.19. The van der Waals surface area contributed by atoms with E-state index >= 15 is 0 Å². The lowest BCUT2D eigenvalue weighted by atomic mass is 9.99. The Morgan fingerprint density at radius 3 is 2.17 bits per heavy atom. The molecule has 0 unspecified atom stereocenters. The van der Waals surface area contributed by atoms with Crippen LogP contribution in [0.2, 0.25) is 0 Å². The van der Waals surface area contributed by atoms with Crippen molar-refractivity contribution in [1.29, 1.82) is 0 Å². The van der Waals surface area contributed by atoms with Crippen LogP contribution in [0.1, 0.15) is 31.4 Å². The van der Waals surface area contributed by atoms with Crippen LogP contribution in [0.3, 0.4) is 0 Å². The fourth-order valence-corrected chi connectivity index (χ4v) is 5.42.